The number of amides is 1. The van der Waals surface area contributed by atoms with Crippen LogP contribution in [-0.2, 0) is 0 Å². The second-order valence-corrected chi connectivity index (χ2v) is 6.89. The molecule has 1 amide bonds. The molecule has 1 aromatic heterocycles. The van der Waals surface area contributed by atoms with Gasteiger partial charge in [0.05, 0.1) is 11.7 Å². The lowest BCUT2D eigenvalue weighted by Crippen LogP contribution is -2.35. The third-order valence-corrected chi connectivity index (χ3v) is 4.80. The van der Waals surface area contributed by atoms with Crippen LogP contribution in [0.15, 0.2) is 6.20 Å². The van der Waals surface area contributed by atoms with Crippen LogP contribution in [0.1, 0.15) is 55.8 Å². The summed E-state index contributed by atoms with van der Waals surface area (Å²) in [5.74, 6) is 1.21. The van der Waals surface area contributed by atoms with E-state index in [1.807, 2.05) is 0 Å². The van der Waals surface area contributed by atoms with E-state index >= 15 is 0 Å². The van der Waals surface area contributed by atoms with Crippen LogP contribution in [0, 0.1) is 5.92 Å². The first-order valence-electron chi connectivity index (χ1n) is 8.39. The summed E-state index contributed by atoms with van der Waals surface area (Å²) in [4.78, 5) is 20.2. The lowest BCUT2D eigenvalue weighted by Gasteiger charge is -2.34. The first kappa shape index (κ1) is 16.0. The first-order valence-corrected chi connectivity index (χ1v) is 8.39. The van der Waals surface area contributed by atoms with Crippen LogP contribution in [0.25, 0.3) is 0 Å². The van der Waals surface area contributed by atoms with Gasteiger partial charge in [-0.2, -0.15) is 4.98 Å². The minimum absolute atomic E-state index is 0.191. The van der Waals surface area contributed by atoms with E-state index in [1.165, 1.54) is 6.20 Å². The monoisotopic (exact) mass is 319 g/mol. The fourth-order valence-electron chi connectivity index (χ4n) is 3.36. The van der Waals surface area contributed by atoms with Crippen molar-refractivity contribution in [3.63, 3.8) is 0 Å². The van der Waals surface area contributed by atoms with E-state index < -0.39 is 5.91 Å². The highest BCUT2D eigenvalue weighted by molar-refractivity contribution is 5.97. The zero-order valence-electron chi connectivity index (χ0n) is 13.5. The van der Waals surface area contributed by atoms with Crippen LogP contribution in [0.3, 0.4) is 0 Å². The van der Waals surface area contributed by atoms with Crippen LogP contribution < -0.4 is 16.4 Å². The van der Waals surface area contributed by atoms with Gasteiger partial charge in [-0.15, -0.1) is 0 Å². The normalized spacial score (nSPS) is 30.3. The minimum Gasteiger partial charge on any atom is -0.393 e. The number of nitrogens with two attached hydrogens (primary N) is 1. The van der Waals surface area contributed by atoms with Crippen LogP contribution in [0.5, 0.6) is 0 Å². The van der Waals surface area contributed by atoms with Crippen LogP contribution >= 0.6 is 0 Å². The molecule has 0 unspecified atom stereocenters. The molecule has 0 saturated heterocycles. The average Bonchev–Trinajstić information content (AvgIpc) is 2.48. The summed E-state index contributed by atoms with van der Waals surface area (Å²) >= 11 is 0. The maximum absolute atomic E-state index is 11.6. The molecule has 3 rings (SSSR count). The van der Waals surface area contributed by atoms with Gasteiger partial charge in [0.2, 0.25) is 5.95 Å². The zero-order valence-corrected chi connectivity index (χ0v) is 13.5. The van der Waals surface area contributed by atoms with Crippen molar-refractivity contribution in [2.24, 2.45) is 11.7 Å². The Labute approximate surface area is 136 Å². The fraction of sp³-hybridized carbons (Fsp3) is 0.688. The van der Waals surface area contributed by atoms with E-state index in [9.17, 15) is 9.90 Å². The number of carbonyl (C=O) groups excluding carboxylic acids is 1. The van der Waals surface area contributed by atoms with E-state index in [2.05, 4.69) is 27.5 Å². The van der Waals surface area contributed by atoms with E-state index in [4.69, 9.17) is 5.73 Å². The molecule has 1 aromatic rings. The standard InChI is InChI=1S/C16H25N5O2/c1-9-6-11(7-9)19-15-13(14(17)23)8-18-16(21-15)20-10-2-4-12(22)5-3-10/h8-12,22H,2-7H2,1H3,(H2,17,23)(H2,18,19,20,21)/t9-,10?,11+,12?. The number of primary amides is 1. The number of anilines is 2. The summed E-state index contributed by atoms with van der Waals surface area (Å²) < 4.78 is 0. The maximum atomic E-state index is 11.6. The lowest BCUT2D eigenvalue weighted by atomic mass is 9.82. The summed E-state index contributed by atoms with van der Waals surface area (Å²) in [6, 6.07) is 0.602. The Balaban J connectivity index is 1.69. The predicted octanol–water partition coefficient (Wildman–Crippen LogP) is 1.50. The molecule has 0 spiro atoms. The van der Waals surface area contributed by atoms with Crippen molar-refractivity contribution in [1.29, 1.82) is 0 Å². The fourth-order valence-corrected chi connectivity index (χ4v) is 3.36. The van der Waals surface area contributed by atoms with Crippen LogP contribution in [-0.4, -0.2) is 39.2 Å². The SMILES string of the molecule is C[C@H]1C[C@@H](Nc2nc(NC3CCC(O)CC3)ncc2C(N)=O)C1. The number of rotatable bonds is 5. The molecule has 2 aliphatic rings. The van der Waals surface area contributed by atoms with Gasteiger partial charge in [0.15, 0.2) is 0 Å². The number of aliphatic hydroxyl groups is 1. The topological polar surface area (TPSA) is 113 Å². The van der Waals surface area contributed by atoms with E-state index in [0.717, 1.165) is 38.5 Å². The molecule has 5 N–H and O–H groups in total. The second-order valence-electron chi connectivity index (χ2n) is 6.89. The third-order valence-electron chi connectivity index (χ3n) is 4.80. The molecule has 7 nitrogen and oxygen atoms in total. The van der Waals surface area contributed by atoms with Crippen LogP contribution in [0.4, 0.5) is 11.8 Å². The molecule has 0 atom stereocenters. The molecule has 2 fully saturated rings. The molecule has 1 heterocycles. The number of nitrogens with one attached hydrogen (secondary N) is 2. The van der Waals surface area contributed by atoms with Crippen molar-refractivity contribution in [3.8, 4) is 0 Å². The van der Waals surface area contributed by atoms with Crippen molar-refractivity contribution in [2.75, 3.05) is 10.6 Å². The summed E-state index contributed by atoms with van der Waals surface area (Å²) in [6.45, 7) is 2.21. The Morgan fingerprint density at radius 3 is 2.52 bits per heavy atom. The predicted molar refractivity (Wildman–Crippen MR) is 88.2 cm³/mol. The Hall–Kier alpha value is -1.89. The van der Waals surface area contributed by atoms with Crippen molar-refractivity contribution in [2.45, 2.75) is 63.6 Å². The number of nitrogens with zero attached hydrogens (tertiary/aromatic N) is 2. The summed E-state index contributed by atoms with van der Waals surface area (Å²) in [5.41, 5.74) is 5.75. The van der Waals surface area contributed by atoms with Gasteiger partial charge in [0.1, 0.15) is 5.82 Å². The smallest absolute Gasteiger partial charge is 0.254 e. The molecular formula is C16H25N5O2. The van der Waals surface area contributed by atoms with Crippen LogP contribution in [0.2, 0.25) is 0 Å². The maximum Gasteiger partial charge on any atom is 0.254 e. The highest BCUT2D eigenvalue weighted by Gasteiger charge is 2.27. The quantitative estimate of drug-likeness (QED) is 0.654. The molecule has 2 aliphatic carbocycles. The summed E-state index contributed by atoms with van der Waals surface area (Å²) in [7, 11) is 0. The Morgan fingerprint density at radius 2 is 1.91 bits per heavy atom. The lowest BCUT2D eigenvalue weighted by molar-refractivity contribution is 0.1000. The molecule has 0 radical (unpaired) electrons. The van der Waals surface area contributed by atoms with Gasteiger partial charge >= 0.3 is 0 Å². The number of hydrogen-bond acceptors (Lipinski definition) is 6. The summed E-state index contributed by atoms with van der Waals surface area (Å²) in [5, 5.41) is 16.2. The molecule has 23 heavy (non-hydrogen) atoms. The number of aromatic nitrogens is 2. The average molecular weight is 319 g/mol. The van der Waals surface area contributed by atoms with Gasteiger partial charge in [-0.3, -0.25) is 4.79 Å². The molecule has 7 heteroatoms. The number of carbonyl (C=O) groups is 1. The molecule has 0 aromatic carbocycles. The van der Waals surface area contributed by atoms with E-state index in [-0.39, 0.29) is 12.1 Å². The van der Waals surface area contributed by atoms with Gasteiger partial charge in [-0.1, -0.05) is 6.92 Å². The van der Waals surface area contributed by atoms with E-state index in [1.54, 1.807) is 0 Å². The minimum atomic E-state index is -0.521. The van der Waals surface area contributed by atoms with Gasteiger partial charge in [-0.25, -0.2) is 4.98 Å². The molecule has 126 valence electrons. The van der Waals surface area contributed by atoms with Gasteiger partial charge in [-0.05, 0) is 44.4 Å². The third kappa shape index (κ3) is 3.90. The van der Waals surface area contributed by atoms with Gasteiger partial charge in [0, 0.05) is 18.3 Å². The van der Waals surface area contributed by atoms with Gasteiger partial charge in [0.25, 0.3) is 5.91 Å². The van der Waals surface area contributed by atoms with Crippen molar-refractivity contribution in [1.82, 2.24) is 9.97 Å². The second kappa shape index (κ2) is 6.70. The summed E-state index contributed by atoms with van der Waals surface area (Å²) in [6.07, 6.45) is 6.82. The molecule has 2 saturated carbocycles. The van der Waals surface area contributed by atoms with Crippen molar-refractivity contribution >= 4 is 17.7 Å². The Bertz CT molecular complexity index is 566. The van der Waals surface area contributed by atoms with Crippen molar-refractivity contribution < 1.29 is 9.90 Å². The Morgan fingerprint density at radius 1 is 1.22 bits per heavy atom. The number of aliphatic hydroxyl groups excluding tert-OH is 1. The Kier molecular flexibility index (Phi) is 4.66. The van der Waals surface area contributed by atoms with Gasteiger partial charge < -0.3 is 21.5 Å². The molecule has 0 bridgehead atoms. The highest BCUT2D eigenvalue weighted by Crippen LogP contribution is 2.30. The largest absolute Gasteiger partial charge is 0.393 e. The van der Waals surface area contributed by atoms with Crippen molar-refractivity contribution in [3.05, 3.63) is 11.8 Å². The zero-order chi connectivity index (χ0) is 16.4. The molecule has 0 aliphatic heterocycles. The van der Waals surface area contributed by atoms with E-state index in [0.29, 0.717) is 29.3 Å². The molecular weight excluding hydrogens is 294 g/mol. The first-order chi connectivity index (χ1) is 11.0. The highest BCUT2D eigenvalue weighted by atomic mass is 16.3. The number of hydrogen-bond donors (Lipinski definition) is 4.